The third-order valence-electron chi connectivity index (χ3n) is 8.37. The lowest BCUT2D eigenvalue weighted by Crippen LogP contribution is -2.42. The second kappa shape index (κ2) is 8.84. The maximum absolute atomic E-state index is 14.7. The average Bonchev–Trinajstić information content (AvgIpc) is 3.46. The van der Waals surface area contributed by atoms with Gasteiger partial charge in [-0.2, -0.15) is 0 Å². The molecule has 1 aliphatic heterocycles. The zero-order valence-electron chi connectivity index (χ0n) is 21.1. The van der Waals surface area contributed by atoms with E-state index in [1.165, 1.54) is 6.07 Å². The summed E-state index contributed by atoms with van der Waals surface area (Å²) in [6.07, 6.45) is 2.19. The first kappa shape index (κ1) is 23.9. The number of carbonyl (C=O) groups is 1. The van der Waals surface area contributed by atoms with Gasteiger partial charge in [0.1, 0.15) is 24.0 Å². The van der Waals surface area contributed by atoms with Crippen LogP contribution in [0.5, 0.6) is 5.75 Å². The number of hydrogen-bond donors (Lipinski definition) is 2. The number of aromatic nitrogens is 1. The highest BCUT2D eigenvalue weighted by atomic mass is 19.1. The third-order valence-corrected chi connectivity index (χ3v) is 8.37. The quantitative estimate of drug-likeness (QED) is 0.488. The number of anilines is 1. The number of benzene rings is 2. The Bertz CT molecular complexity index is 1380. The van der Waals surface area contributed by atoms with Crippen LogP contribution in [0.3, 0.4) is 0 Å². The van der Waals surface area contributed by atoms with Crippen molar-refractivity contribution in [2.24, 2.45) is 11.8 Å². The Morgan fingerprint density at radius 1 is 1.16 bits per heavy atom. The molecule has 1 aromatic heterocycles. The number of aryl methyl sites for hydroxylation is 1. The molecule has 0 amide bonds. The van der Waals surface area contributed by atoms with Crippen LogP contribution in [0.15, 0.2) is 48.5 Å². The number of carboxylic acid groups (broad SMARTS) is 1. The molecule has 2 fully saturated rings. The first-order valence-electron chi connectivity index (χ1n) is 12.9. The zero-order valence-corrected chi connectivity index (χ0v) is 21.1. The van der Waals surface area contributed by atoms with Crippen molar-refractivity contribution in [2.75, 3.05) is 18.0 Å². The van der Waals surface area contributed by atoms with Crippen molar-refractivity contribution in [3.05, 3.63) is 76.7 Å². The molecular weight excluding hydrogens is 471 g/mol. The van der Waals surface area contributed by atoms with Gasteiger partial charge in [-0.15, -0.1) is 0 Å². The zero-order chi connectivity index (χ0) is 25.9. The summed E-state index contributed by atoms with van der Waals surface area (Å²) in [5.74, 6) is 0.605. The Balaban J connectivity index is 1.15. The van der Waals surface area contributed by atoms with Crippen LogP contribution in [-0.2, 0) is 17.8 Å². The van der Waals surface area contributed by atoms with Crippen LogP contribution < -0.4 is 9.64 Å². The second-order valence-corrected chi connectivity index (χ2v) is 11.0. The first-order chi connectivity index (χ1) is 17.7. The van der Waals surface area contributed by atoms with Crippen molar-refractivity contribution >= 4 is 11.8 Å². The lowest BCUT2D eigenvalue weighted by atomic mass is 9.94. The Kier molecular flexibility index (Phi) is 5.71. The highest BCUT2D eigenvalue weighted by Gasteiger charge is 2.59. The Morgan fingerprint density at radius 2 is 1.95 bits per heavy atom. The van der Waals surface area contributed by atoms with E-state index >= 15 is 0 Å². The van der Waals surface area contributed by atoms with Gasteiger partial charge in [-0.05, 0) is 92.1 Å². The minimum Gasteiger partial charge on any atom is -0.489 e. The topological polar surface area (TPSA) is 82.9 Å². The molecule has 0 bridgehead atoms. The van der Waals surface area contributed by atoms with Crippen LogP contribution in [0.4, 0.5) is 10.2 Å². The van der Waals surface area contributed by atoms with Gasteiger partial charge < -0.3 is 19.8 Å². The first-order valence-corrected chi connectivity index (χ1v) is 12.9. The SMILES string of the molecule is Cc1nc(N2CCC(C)(O)CC2)ccc1-c1ccc(F)c(COc2ccc3c(c2)C[C@H]2[C@H](C(=O)O)[C@@H]32)c1. The Hall–Kier alpha value is -3.45. The van der Waals surface area contributed by atoms with E-state index in [0.29, 0.717) is 24.2 Å². The Labute approximate surface area is 215 Å². The summed E-state index contributed by atoms with van der Waals surface area (Å²) in [6.45, 7) is 5.47. The number of nitrogens with zero attached hydrogens (tertiary/aromatic N) is 2. The maximum atomic E-state index is 14.7. The number of carboxylic acids is 1. The monoisotopic (exact) mass is 502 g/mol. The maximum Gasteiger partial charge on any atom is 0.307 e. The summed E-state index contributed by atoms with van der Waals surface area (Å²) in [4.78, 5) is 18.3. The van der Waals surface area contributed by atoms with Crippen LogP contribution in [-0.4, -0.2) is 39.9 Å². The molecule has 3 aromatic rings. The number of hydrogen-bond acceptors (Lipinski definition) is 5. The minimum absolute atomic E-state index is 0.0985. The highest BCUT2D eigenvalue weighted by molar-refractivity contribution is 5.78. The molecule has 0 radical (unpaired) electrons. The number of aliphatic hydroxyl groups is 1. The predicted octanol–water partition coefficient (Wildman–Crippen LogP) is 5.10. The van der Waals surface area contributed by atoms with Crippen molar-refractivity contribution in [1.82, 2.24) is 4.98 Å². The van der Waals surface area contributed by atoms with Crippen LogP contribution in [0, 0.1) is 24.6 Å². The van der Waals surface area contributed by atoms with E-state index < -0.39 is 11.6 Å². The van der Waals surface area contributed by atoms with Crippen molar-refractivity contribution in [3.8, 4) is 16.9 Å². The Morgan fingerprint density at radius 3 is 2.68 bits per heavy atom. The van der Waals surface area contributed by atoms with E-state index in [-0.39, 0.29) is 30.2 Å². The summed E-state index contributed by atoms with van der Waals surface area (Å²) >= 11 is 0. The fourth-order valence-corrected chi connectivity index (χ4v) is 6.08. The van der Waals surface area contributed by atoms with Crippen molar-refractivity contribution in [2.45, 2.75) is 51.2 Å². The van der Waals surface area contributed by atoms with Gasteiger partial charge in [0.15, 0.2) is 0 Å². The van der Waals surface area contributed by atoms with Gasteiger partial charge in [0.25, 0.3) is 0 Å². The summed E-state index contributed by atoms with van der Waals surface area (Å²) in [5.41, 5.74) is 4.80. The number of aliphatic carboxylic acids is 1. The number of rotatable bonds is 6. The van der Waals surface area contributed by atoms with E-state index in [2.05, 4.69) is 4.90 Å². The van der Waals surface area contributed by atoms with Crippen molar-refractivity contribution < 1.29 is 24.1 Å². The van der Waals surface area contributed by atoms with Crippen LogP contribution >= 0.6 is 0 Å². The number of pyridine rings is 1. The van der Waals surface area contributed by atoms with Gasteiger partial charge in [-0.25, -0.2) is 9.37 Å². The third kappa shape index (κ3) is 4.46. The second-order valence-electron chi connectivity index (χ2n) is 11.0. The molecule has 6 nitrogen and oxygen atoms in total. The van der Waals surface area contributed by atoms with Gasteiger partial charge >= 0.3 is 5.97 Å². The van der Waals surface area contributed by atoms with E-state index in [9.17, 15) is 19.4 Å². The average molecular weight is 503 g/mol. The molecule has 1 saturated carbocycles. The number of fused-ring (bicyclic) bond motifs is 3. The van der Waals surface area contributed by atoms with E-state index in [1.807, 2.05) is 50.2 Å². The molecule has 192 valence electrons. The summed E-state index contributed by atoms with van der Waals surface area (Å²) in [5, 5.41) is 19.5. The van der Waals surface area contributed by atoms with E-state index in [1.54, 1.807) is 6.07 Å². The van der Waals surface area contributed by atoms with Gasteiger partial charge in [-0.1, -0.05) is 12.1 Å². The van der Waals surface area contributed by atoms with Gasteiger partial charge in [-0.3, -0.25) is 4.79 Å². The van der Waals surface area contributed by atoms with Gasteiger partial charge in [0.05, 0.1) is 11.5 Å². The molecule has 2 N–H and O–H groups in total. The predicted molar refractivity (Wildman–Crippen MR) is 138 cm³/mol. The fourth-order valence-electron chi connectivity index (χ4n) is 6.08. The minimum atomic E-state index is -0.711. The number of ether oxygens (including phenoxy) is 1. The lowest BCUT2D eigenvalue weighted by Gasteiger charge is -2.36. The van der Waals surface area contributed by atoms with Crippen LogP contribution in [0.25, 0.3) is 11.1 Å². The lowest BCUT2D eigenvalue weighted by molar-refractivity contribution is -0.139. The fraction of sp³-hybridized carbons (Fsp3) is 0.400. The number of piperidine rings is 1. The molecule has 2 heterocycles. The van der Waals surface area contributed by atoms with Crippen LogP contribution in [0.1, 0.15) is 48.1 Å². The molecule has 37 heavy (non-hydrogen) atoms. The van der Waals surface area contributed by atoms with Crippen molar-refractivity contribution in [3.63, 3.8) is 0 Å². The summed E-state index contributed by atoms with van der Waals surface area (Å²) < 4.78 is 20.6. The molecule has 7 heteroatoms. The molecule has 6 rings (SSSR count). The highest BCUT2D eigenvalue weighted by Crippen LogP contribution is 2.61. The molecule has 2 aromatic carbocycles. The van der Waals surface area contributed by atoms with E-state index in [0.717, 1.165) is 53.3 Å². The molecule has 0 unspecified atom stereocenters. The smallest absolute Gasteiger partial charge is 0.307 e. The summed E-state index contributed by atoms with van der Waals surface area (Å²) in [6, 6.07) is 14.9. The molecule has 2 aliphatic carbocycles. The largest absolute Gasteiger partial charge is 0.489 e. The van der Waals surface area contributed by atoms with Gasteiger partial charge in [0.2, 0.25) is 0 Å². The molecule has 1 saturated heterocycles. The number of halogens is 1. The molecular formula is C30H31FN2O4. The van der Waals surface area contributed by atoms with E-state index in [4.69, 9.17) is 9.72 Å². The van der Waals surface area contributed by atoms with Crippen molar-refractivity contribution in [1.29, 1.82) is 0 Å². The molecule has 0 spiro atoms. The molecule has 3 aliphatic rings. The molecule has 3 atom stereocenters. The van der Waals surface area contributed by atoms with Gasteiger partial charge in [0, 0.05) is 35.8 Å². The summed E-state index contributed by atoms with van der Waals surface area (Å²) in [7, 11) is 0. The van der Waals surface area contributed by atoms with Crippen LogP contribution in [0.2, 0.25) is 0 Å². The standard InChI is InChI=1S/C30H31FN2O4/c1-17-22(6-8-26(32-17)33-11-9-30(2,36)10-12-33)18-3-7-25(31)20(13-18)16-37-21-4-5-23-19(14-21)15-24-27(23)28(24)29(34)35/h3-8,13-14,24,27-28,36H,9-12,15-16H2,1-2H3,(H,34,35)/t24-,27+,28+/m1/s1. The normalized spacial score (nSPS) is 23.4.